The molecule has 4 aromatic heterocycles. The molecule has 3 saturated heterocycles. The van der Waals surface area contributed by atoms with Gasteiger partial charge in [-0.1, -0.05) is 0 Å². The number of anilines is 2. The van der Waals surface area contributed by atoms with Crippen molar-refractivity contribution in [3.8, 4) is 22.7 Å². The van der Waals surface area contributed by atoms with Crippen LogP contribution in [0.1, 0.15) is 28.9 Å². The van der Waals surface area contributed by atoms with Crippen molar-refractivity contribution in [1.82, 2.24) is 28.8 Å². The molecule has 1 N–H and O–H groups in total. The summed E-state index contributed by atoms with van der Waals surface area (Å²) in [5.74, 6) is -1.08. The molecule has 7 heterocycles. The van der Waals surface area contributed by atoms with Gasteiger partial charge in [-0.15, -0.1) is 0 Å². The van der Waals surface area contributed by atoms with Crippen molar-refractivity contribution in [2.24, 2.45) is 0 Å². The Morgan fingerprint density at radius 2 is 1.95 bits per heavy atom. The van der Waals surface area contributed by atoms with E-state index in [4.69, 9.17) is 4.74 Å². The first-order valence-corrected chi connectivity index (χ1v) is 13.3. The van der Waals surface area contributed by atoms with E-state index in [2.05, 4.69) is 41.5 Å². The number of hydrogen-bond donors (Lipinski definition) is 1. The number of ether oxygens (including phenoxy) is 1. The number of hydrogen-bond acceptors (Lipinski definition) is 10. The van der Waals surface area contributed by atoms with Crippen LogP contribution in [-0.4, -0.2) is 74.0 Å². The molecule has 41 heavy (non-hydrogen) atoms. The molecule has 0 aromatic carbocycles. The van der Waals surface area contributed by atoms with Crippen LogP contribution in [0.4, 0.5) is 24.3 Å². The van der Waals surface area contributed by atoms with Gasteiger partial charge in [0.25, 0.3) is 17.9 Å². The van der Waals surface area contributed by atoms with Gasteiger partial charge in [0.2, 0.25) is 11.1 Å². The quantitative estimate of drug-likeness (QED) is 0.349. The zero-order valence-corrected chi connectivity index (χ0v) is 22.6. The zero-order valence-electron chi connectivity index (χ0n) is 21.8. The van der Waals surface area contributed by atoms with Crippen molar-refractivity contribution in [3.05, 3.63) is 70.3 Å². The molecule has 2 bridgehead atoms. The average Bonchev–Trinajstić information content (AvgIpc) is 3.46. The summed E-state index contributed by atoms with van der Waals surface area (Å²) in [6, 6.07) is 5.63. The number of alkyl halides is 2. The van der Waals surface area contributed by atoms with Crippen LogP contribution in [0.3, 0.4) is 0 Å². The highest BCUT2D eigenvalue weighted by atomic mass is 32.1. The van der Waals surface area contributed by atoms with E-state index in [1.54, 1.807) is 0 Å². The molecule has 11 nitrogen and oxygen atoms in total. The fraction of sp³-hybridized carbons (Fsp3) is 0.308. The zero-order chi connectivity index (χ0) is 28.8. The lowest BCUT2D eigenvalue weighted by Gasteiger charge is -2.54. The molecule has 3 aliphatic heterocycles. The number of nitrogens with one attached hydrogen (secondary N) is 1. The number of carbonyl (C=O) groups is 1. The second-order valence-corrected chi connectivity index (χ2v) is 10.4. The maximum absolute atomic E-state index is 14.0. The predicted octanol–water partition coefficient (Wildman–Crippen LogP) is 3.38. The number of likely N-dealkylation sites (N-methyl/N-ethyl adjacent to an activating group) is 1. The molecule has 7 rings (SSSR count). The minimum Gasteiger partial charge on any atom is -0.494 e. The smallest absolute Gasteiger partial charge is 0.292 e. The van der Waals surface area contributed by atoms with Gasteiger partial charge in [-0.05, 0) is 37.7 Å². The number of halogens is 3. The van der Waals surface area contributed by atoms with Crippen LogP contribution in [0.15, 0.2) is 47.7 Å². The Labute approximate surface area is 235 Å². The monoisotopic (exact) mass is 584 g/mol. The Kier molecular flexibility index (Phi) is 6.91. The molecule has 2 atom stereocenters. The van der Waals surface area contributed by atoms with E-state index in [0.717, 1.165) is 53.9 Å². The van der Waals surface area contributed by atoms with Crippen molar-refractivity contribution >= 4 is 28.5 Å². The Balaban J connectivity index is 1.37. The van der Waals surface area contributed by atoms with Crippen molar-refractivity contribution in [2.75, 3.05) is 37.5 Å². The Morgan fingerprint density at radius 3 is 2.66 bits per heavy atom. The van der Waals surface area contributed by atoms with Gasteiger partial charge < -0.3 is 9.64 Å². The maximum atomic E-state index is 14.0. The van der Waals surface area contributed by atoms with Gasteiger partial charge in [-0.25, -0.2) is 18.2 Å². The molecule has 0 aliphatic carbocycles. The summed E-state index contributed by atoms with van der Waals surface area (Å²) in [6.45, 7) is 1.58. The highest BCUT2D eigenvalue weighted by Gasteiger charge is 2.43. The average molecular weight is 585 g/mol. The second-order valence-electron chi connectivity index (χ2n) is 9.70. The number of methoxy groups -OCH3 is 1. The van der Waals surface area contributed by atoms with E-state index in [-0.39, 0.29) is 33.4 Å². The third kappa shape index (κ3) is 4.91. The molecule has 4 aromatic rings. The van der Waals surface area contributed by atoms with E-state index in [9.17, 15) is 22.8 Å². The van der Waals surface area contributed by atoms with Gasteiger partial charge in [0.1, 0.15) is 17.3 Å². The fourth-order valence-corrected chi connectivity index (χ4v) is 5.68. The first-order chi connectivity index (χ1) is 19.7. The van der Waals surface area contributed by atoms with Gasteiger partial charge in [0, 0.05) is 60.2 Å². The summed E-state index contributed by atoms with van der Waals surface area (Å²) >= 11 is 1.01. The van der Waals surface area contributed by atoms with Crippen molar-refractivity contribution in [2.45, 2.75) is 24.9 Å². The third-order valence-corrected chi connectivity index (χ3v) is 8.00. The molecular weight excluding hydrogens is 561 g/mol. The third-order valence-electron chi connectivity index (χ3n) is 7.38. The second kappa shape index (κ2) is 10.6. The SMILES string of the molecule is COc1cnc(C(F)F)cc1-c1cc(-n2cccc(F)c2=O)ncc1C(=O)Nc1nc(N2CC3CC(C2)N3C)ns1. The molecule has 0 saturated carbocycles. The van der Waals surface area contributed by atoms with Crippen LogP contribution < -0.4 is 20.5 Å². The molecule has 1 amide bonds. The summed E-state index contributed by atoms with van der Waals surface area (Å²) in [5.41, 5.74) is -1.34. The summed E-state index contributed by atoms with van der Waals surface area (Å²) < 4.78 is 51.9. The number of piperazine rings is 1. The van der Waals surface area contributed by atoms with Crippen LogP contribution >= 0.6 is 11.5 Å². The number of amides is 1. The predicted molar refractivity (Wildman–Crippen MR) is 145 cm³/mol. The highest BCUT2D eigenvalue weighted by molar-refractivity contribution is 7.10. The lowest BCUT2D eigenvalue weighted by Crippen LogP contribution is -2.67. The van der Waals surface area contributed by atoms with Crippen LogP contribution in [0.5, 0.6) is 5.75 Å². The van der Waals surface area contributed by atoms with Gasteiger partial charge in [0.15, 0.2) is 5.82 Å². The topological polar surface area (TPSA) is 118 Å². The first kappa shape index (κ1) is 26.8. The number of nitrogens with zero attached hydrogens (tertiary/aromatic N) is 7. The van der Waals surface area contributed by atoms with E-state index in [0.29, 0.717) is 18.0 Å². The number of piperidine rings is 1. The Hall–Kier alpha value is -4.37. The van der Waals surface area contributed by atoms with E-state index in [1.807, 2.05) is 0 Å². The Morgan fingerprint density at radius 1 is 1.17 bits per heavy atom. The van der Waals surface area contributed by atoms with Crippen molar-refractivity contribution < 1.29 is 22.7 Å². The summed E-state index contributed by atoms with van der Waals surface area (Å²) in [5, 5.41) is 2.95. The first-order valence-electron chi connectivity index (χ1n) is 12.6. The van der Waals surface area contributed by atoms with Crippen molar-refractivity contribution in [1.29, 1.82) is 0 Å². The highest BCUT2D eigenvalue weighted by Crippen LogP contribution is 2.36. The van der Waals surface area contributed by atoms with E-state index < -0.39 is 29.4 Å². The number of carbonyl (C=O) groups excluding carboxylic acids is 1. The van der Waals surface area contributed by atoms with Crippen molar-refractivity contribution in [3.63, 3.8) is 0 Å². The number of rotatable bonds is 7. The lowest BCUT2D eigenvalue weighted by atomic mass is 9.89. The molecule has 2 unspecified atom stereocenters. The lowest BCUT2D eigenvalue weighted by molar-refractivity contribution is 0.0258. The molecule has 3 aliphatic rings. The Bertz CT molecular complexity index is 1680. The van der Waals surface area contributed by atoms with Gasteiger partial charge in [-0.2, -0.15) is 9.36 Å². The molecule has 15 heteroatoms. The normalized spacial score (nSPS) is 18.3. The van der Waals surface area contributed by atoms with Gasteiger partial charge in [-0.3, -0.25) is 29.4 Å². The standard InChI is InChI=1S/C26H23F3N8O3S/c1-35-13-6-14(35)12-36(11-13)25-33-26(41-34-25)32-23(38)17-9-31-21(37-5-3-4-18(27)24(37)39)8-15(17)16-7-19(22(28)29)30-10-20(16)40-2/h3-5,7-10,13-14,22H,6,11-12H2,1-2H3,(H,32,33,34,38). The van der Waals surface area contributed by atoms with Crippen LogP contribution in [0.25, 0.3) is 16.9 Å². The number of fused-ring (bicyclic) bond motifs is 2. The van der Waals surface area contributed by atoms with E-state index in [1.165, 1.54) is 31.6 Å². The van der Waals surface area contributed by atoms with Crippen LogP contribution in [-0.2, 0) is 0 Å². The molecule has 3 fully saturated rings. The van der Waals surface area contributed by atoms with Crippen LogP contribution in [0.2, 0.25) is 0 Å². The molecule has 0 spiro atoms. The summed E-state index contributed by atoms with van der Waals surface area (Å²) in [7, 11) is 3.42. The molecular formula is C26H23F3N8O3S. The maximum Gasteiger partial charge on any atom is 0.292 e. The van der Waals surface area contributed by atoms with E-state index >= 15 is 0 Å². The fourth-order valence-electron chi connectivity index (χ4n) is 5.10. The summed E-state index contributed by atoms with van der Waals surface area (Å²) in [4.78, 5) is 42.8. The molecule has 0 radical (unpaired) electrons. The van der Waals surface area contributed by atoms with Gasteiger partial charge in [0.05, 0.1) is 18.9 Å². The summed E-state index contributed by atoms with van der Waals surface area (Å²) in [6.07, 6.45) is 1.83. The molecule has 212 valence electrons. The number of pyridine rings is 3. The minimum absolute atomic E-state index is 0.0273. The van der Waals surface area contributed by atoms with Gasteiger partial charge >= 0.3 is 0 Å². The van der Waals surface area contributed by atoms with Crippen LogP contribution in [0, 0.1) is 5.82 Å². The number of aromatic nitrogens is 5. The largest absolute Gasteiger partial charge is 0.494 e. The minimum atomic E-state index is -2.90.